The van der Waals surface area contributed by atoms with Crippen LogP contribution in [0.15, 0.2) is 71.6 Å². The van der Waals surface area contributed by atoms with Crippen LogP contribution in [0.1, 0.15) is 26.3 Å². The molecular formula is C23H19NO7S. The fraction of sp³-hybridized carbons (Fsp3) is 0.130. The van der Waals surface area contributed by atoms with E-state index in [0.717, 1.165) is 5.56 Å². The number of hydrogen-bond donors (Lipinski definition) is 1. The van der Waals surface area contributed by atoms with Gasteiger partial charge in [0.25, 0.3) is 10.0 Å². The maximum Gasteiger partial charge on any atom is 0.338 e. The molecule has 0 saturated heterocycles. The third kappa shape index (κ3) is 4.73. The minimum Gasteiger partial charge on any atom is -0.454 e. The van der Waals surface area contributed by atoms with E-state index in [1.807, 2.05) is 13.0 Å². The standard InChI is InChI=1S/C23H19NO7S/c1-15-4-2-6-18(10-15)24-32(27,28)19-7-3-5-17(11-19)23(26)29-13-20(25)16-8-9-21-22(12-16)31-14-30-21/h2-12,24H,13-14H2,1H3. The van der Waals surface area contributed by atoms with Gasteiger partial charge in [0.2, 0.25) is 6.79 Å². The molecule has 0 fully saturated rings. The second-order valence-corrected chi connectivity index (χ2v) is 8.75. The number of carbonyl (C=O) groups excluding carboxylic acids is 2. The summed E-state index contributed by atoms with van der Waals surface area (Å²) in [6, 6.07) is 17.0. The Balaban J connectivity index is 1.43. The SMILES string of the molecule is Cc1cccc(NS(=O)(=O)c2cccc(C(=O)OCC(=O)c3ccc4c(c3)OCO4)c2)c1. The van der Waals surface area contributed by atoms with Crippen LogP contribution in [0.4, 0.5) is 5.69 Å². The first-order chi connectivity index (χ1) is 15.3. The summed E-state index contributed by atoms with van der Waals surface area (Å²) in [4.78, 5) is 24.7. The average Bonchev–Trinajstić information content (AvgIpc) is 3.25. The highest BCUT2D eigenvalue weighted by molar-refractivity contribution is 7.92. The predicted octanol–water partition coefficient (Wildman–Crippen LogP) is 3.56. The summed E-state index contributed by atoms with van der Waals surface area (Å²) in [5.41, 5.74) is 1.62. The highest BCUT2D eigenvalue weighted by Gasteiger charge is 2.20. The van der Waals surface area contributed by atoms with E-state index >= 15 is 0 Å². The minimum absolute atomic E-state index is 0.00982. The highest BCUT2D eigenvalue weighted by Crippen LogP contribution is 2.32. The van der Waals surface area contributed by atoms with Gasteiger partial charge in [-0.25, -0.2) is 13.2 Å². The van der Waals surface area contributed by atoms with Crippen LogP contribution < -0.4 is 14.2 Å². The second-order valence-electron chi connectivity index (χ2n) is 7.07. The molecule has 1 heterocycles. The predicted molar refractivity (Wildman–Crippen MR) is 116 cm³/mol. The Morgan fingerprint density at radius 2 is 1.72 bits per heavy atom. The van der Waals surface area contributed by atoms with Crippen LogP contribution in [0.25, 0.3) is 0 Å². The number of Topliss-reactive ketones (excluding diaryl/α,β-unsaturated/α-hetero) is 1. The fourth-order valence-electron chi connectivity index (χ4n) is 3.08. The zero-order valence-corrected chi connectivity index (χ0v) is 17.8. The smallest absolute Gasteiger partial charge is 0.338 e. The molecule has 9 heteroatoms. The Bertz CT molecular complexity index is 1300. The second kappa shape index (κ2) is 8.72. The molecule has 32 heavy (non-hydrogen) atoms. The summed E-state index contributed by atoms with van der Waals surface area (Å²) in [5.74, 6) is -0.259. The molecule has 4 rings (SSSR count). The van der Waals surface area contributed by atoms with E-state index in [4.69, 9.17) is 14.2 Å². The minimum atomic E-state index is -3.92. The number of nitrogens with one attached hydrogen (secondary N) is 1. The molecule has 1 aliphatic heterocycles. The van der Waals surface area contributed by atoms with Crippen LogP contribution in [0.3, 0.4) is 0 Å². The third-order valence-electron chi connectivity index (χ3n) is 4.68. The van der Waals surface area contributed by atoms with Gasteiger partial charge in [0, 0.05) is 11.3 Å². The van der Waals surface area contributed by atoms with Crippen LogP contribution in [0.5, 0.6) is 11.5 Å². The molecule has 0 amide bonds. The molecule has 0 aliphatic carbocycles. The van der Waals surface area contributed by atoms with Gasteiger partial charge in [-0.2, -0.15) is 0 Å². The third-order valence-corrected chi connectivity index (χ3v) is 6.06. The summed E-state index contributed by atoms with van der Waals surface area (Å²) in [7, 11) is -3.92. The van der Waals surface area contributed by atoms with Crippen molar-refractivity contribution < 1.29 is 32.2 Å². The molecule has 3 aromatic rings. The molecule has 0 atom stereocenters. The number of carbonyl (C=O) groups is 2. The summed E-state index contributed by atoms with van der Waals surface area (Å²) in [6.07, 6.45) is 0. The number of fused-ring (bicyclic) bond motifs is 1. The molecule has 1 N–H and O–H groups in total. The number of ketones is 1. The Hall–Kier alpha value is -3.85. The first-order valence-corrected chi connectivity index (χ1v) is 11.1. The van der Waals surface area contributed by atoms with Crippen molar-refractivity contribution in [1.82, 2.24) is 0 Å². The normalized spacial score (nSPS) is 12.3. The van der Waals surface area contributed by atoms with E-state index in [1.165, 1.54) is 30.3 Å². The van der Waals surface area contributed by atoms with E-state index in [1.54, 1.807) is 30.3 Å². The van der Waals surface area contributed by atoms with Gasteiger partial charge in [-0.05, 0) is 61.0 Å². The molecule has 0 bridgehead atoms. The lowest BCUT2D eigenvalue weighted by molar-refractivity contribution is 0.0474. The number of ether oxygens (including phenoxy) is 3. The van der Waals surface area contributed by atoms with Crippen LogP contribution in [0, 0.1) is 6.92 Å². The molecule has 0 aromatic heterocycles. The van der Waals surface area contributed by atoms with Crippen molar-refractivity contribution in [3.8, 4) is 11.5 Å². The van der Waals surface area contributed by atoms with Gasteiger partial charge >= 0.3 is 5.97 Å². The van der Waals surface area contributed by atoms with Crippen molar-refractivity contribution in [3.63, 3.8) is 0 Å². The maximum absolute atomic E-state index is 12.7. The molecule has 1 aliphatic rings. The summed E-state index contributed by atoms with van der Waals surface area (Å²) in [6.45, 7) is 1.43. The number of rotatable bonds is 7. The van der Waals surface area contributed by atoms with Gasteiger partial charge in [0.1, 0.15) is 0 Å². The average molecular weight is 453 g/mol. The Labute approximate surface area is 184 Å². The summed E-state index contributed by atoms with van der Waals surface area (Å²) in [5, 5.41) is 0. The van der Waals surface area contributed by atoms with Crippen LogP contribution in [0.2, 0.25) is 0 Å². The van der Waals surface area contributed by atoms with E-state index in [0.29, 0.717) is 22.7 Å². The van der Waals surface area contributed by atoms with Gasteiger partial charge in [-0.1, -0.05) is 18.2 Å². The van der Waals surface area contributed by atoms with E-state index in [2.05, 4.69) is 4.72 Å². The Morgan fingerprint density at radius 3 is 2.53 bits per heavy atom. The van der Waals surface area contributed by atoms with Crippen molar-refractivity contribution in [3.05, 3.63) is 83.4 Å². The highest BCUT2D eigenvalue weighted by atomic mass is 32.2. The monoisotopic (exact) mass is 453 g/mol. The van der Waals surface area contributed by atoms with Gasteiger partial charge < -0.3 is 14.2 Å². The Kier molecular flexibility index (Phi) is 5.83. The first kappa shape index (κ1) is 21.4. The molecule has 0 radical (unpaired) electrons. The molecule has 8 nitrogen and oxygen atoms in total. The lowest BCUT2D eigenvalue weighted by atomic mass is 10.1. The molecule has 0 saturated carbocycles. The molecule has 164 valence electrons. The maximum atomic E-state index is 12.7. The summed E-state index contributed by atoms with van der Waals surface area (Å²) < 4.78 is 43.4. The summed E-state index contributed by atoms with van der Waals surface area (Å²) >= 11 is 0. The molecule has 0 unspecified atom stereocenters. The van der Waals surface area contributed by atoms with E-state index in [9.17, 15) is 18.0 Å². The van der Waals surface area contributed by atoms with Crippen molar-refractivity contribution in [1.29, 1.82) is 0 Å². The number of hydrogen-bond acceptors (Lipinski definition) is 7. The zero-order chi connectivity index (χ0) is 22.7. The lowest BCUT2D eigenvalue weighted by Crippen LogP contribution is -2.16. The van der Waals surface area contributed by atoms with Crippen molar-refractivity contribution in [2.24, 2.45) is 0 Å². The van der Waals surface area contributed by atoms with E-state index < -0.39 is 28.4 Å². The topological polar surface area (TPSA) is 108 Å². The lowest BCUT2D eigenvalue weighted by Gasteiger charge is -2.10. The molecule has 0 spiro atoms. The van der Waals surface area contributed by atoms with Crippen LogP contribution >= 0.6 is 0 Å². The zero-order valence-electron chi connectivity index (χ0n) is 17.0. The van der Waals surface area contributed by atoms with Gasteiger partial charge in [-0.15, -0.1) is 0 Å². The van der Waals surface area contributed by atoms with Crippen molar-refractivity contribution >= 4 is 27.5 Å². The van der Waals surface area contributed by atoms with Gasteiger partial charge in [0.15, 0.2) is 23.9 Å². The van der Waals surface area contributed by atoms with Crippen LogP contribution in [-0.4, -0.2) is 33.6 Å². The fourth-order valence-corrected chi connectivity index (χ4v) is 4.18. The Morgan fingerprint density at radius 1 is 0.938 bits per heavy atom. The van der Waals surface area contributed by atoms with Gasteiger partial charge in [0.05, 0.1) is 10.5 Å². The number of benzene rings is 3. The number of anilines is 1. The number of aryl methyl sites for hydroxylation is 1. The van der Waals surface area contributed by atoms with E-state index in [-0.39, 0.29) is 17.3 Å². The van der Waals surface area contributed by atoms with Gasteiger partial charge in [-0.3, -0.25) is 9.52 Å². The largest absolute Gasteiger partial charge is 0.454 e. The van der Waals surface area contributed by atoms with Crippen LogP contribution in [-0.2, 0) is 14.8 Å². The first-order valence-electron chi connectivity index (χ1n) is 9.61. The van der Waals surface area contributed by atoms with Crippen molar-refractivity contribution in [2.75, 3.05) is 18.1 Å². The molecular weight excluding hydrogens is 434 g/mol. The quantitative estimate of drug-likeness (QED) is 0.430. The molecule has 3 aromatic carbocycles. The number of sulfonamides is 1. The number of esters is 1. The van der Waals surface area contributed by atoms with Crippen molar-refractivity contribution in [2.45, 2.75) is 11.8 Å².